The number of amides is 2. The highest BCUT2D eigenvalue weighted by molar-refractivity contribution is 5.98. The van der Waals surface area contributed by atoms with Crippen molar-refractivity contribution in [2.45, 2.75) is 44.7 Å². The van der Waals surface area contributed by atoms with Crippen molar-refractivity contribution >= 4 is 11.8 Å². The van der Waals surface area contributed by atoms with E-state index < -0.39 is 23.4 Å². The van der Waals surface area contributed by atoms with Crippen LogP contribution in [0.5, 0.6) is 0 Å². The van der Waals surface area contributed by atoms with Crippen molar-refractivity contribution in [3.63, 3.8) is 0 Å². The van der Waals surface area contributed by atoms with Crippen molar-refractivity contribution in [2.24, 2.45) is 11.7 Å². The molecule has 0 saturated heterocycles. The Balaban J connectivity index is 2.10. The number of benzene rings is 1. The Morgan fingerprint density at radius 3 is 2.33 bits per heavy atom. The highest BCUT2D eigenvalue weighted by Crippen LogP contribution is 2.32. The molecule has 2 amide bonds. The lowest BCUT2D eigenvalue weighted by atomic mass is 9.72. The SMILES string of the molecule is CC(C)C#Cc1ccc(C(=O)NC(C(=O)NO)C2(N)CCC2)cc1. The van der Waals surface area contributed by atoms with Crippen LogP contribution in [-0.2, 0) is 4.79 Å². The first-order valence-electron chi connectivity index (χ1n) is 8.01. The van der Waals surface area contributed by atoms with Gasteiger partial charge in [-0.25, -0.2) is 5.48 Å². The standard InChI is InChI=1S/C18H23N3O3/c1-12(2)4-5-13-6-8-14(9-7-13)16(22)20-15(17(23)21-24)18(19)10-3-11-18/h6-9,12,15,24H,3,10-11,19H2,1-2H3,(H,20,22)(H,21,23). The first-order valence-corrected chi connectivity index (χ1v) is 8.01. The zero-order chi connectivity index (χ0) is 17.7. The van der Waals surface area contributed by atoms with E-state index in [0.29, 0.717) is 18.4 Å². The first-order chi connectivity index (χ1) is 11.4. The van der Waals surface area contributed by atoms with E-state index in [4.69, 9.17) is 10.9 Å². The van der Waals surface area contributed by atoms with Crippen LogP contribution < -0.4 is 16.5 Å². The molecule has 1 atom stereocenters. The van der Waals surface area contributed by atoms with Crippen LogP contribution in [0.3, 0.4) is 0 Å². The van der Waals surface area contributed by atoms with Crippen molar-refractivity contribution < 1.29 is 14.8 Å². The summed E-state index contributed by atoms with van der Waals surface area (Å²) < 4.78 is 0. The highest BCUT2D eigenvalue weighted by Gasteiger charge is 2.45. The quantitative estimate of drug-likeness (QED) is 0.378. The molecule has 24 heavy (non-hydrogen) atoms. The van der Waals surface area contributed by atoms with Gasteiger partial charge in [-0.15, -0.1) is 0 Å². The molecule has 1 unspecified atom stereocenters. The van der Waals surface area contributed by atoms with Crippen molar-refractivity contribution in [1.29, 1.82) is 0 Å². The van der Waals surface area contributed by atoms with E-state index in [2.05, 4.69) is 17.2 Å². The lowest BCUT2D eigenvalue weighted by molar-refractivity contribution is -0.134. The van der Waals surface area contributed by atoms with Crippen molar-refractivity contribution in [3.8, 4) is 11.8 Å². The monoisotopic (exact) mass is 329 g/mol. The summed E-state index contributed by atoms with van der Waals surface area (Å²) in [6.07, 6.45) is 2.13. The second-order valence-electron chi connectivity index (χ2n) is 6.47. The third-order valence-electron chi connectivity index (χ3n) is 4.16. The topological polar surface area (TPSA) is 104 Å². The van der Waals surface area contributed by atoms with E-state index in [0.717, 1.165) is 12.0 Å². The number of nitrogens with one attached hydrogen (secondary N) is 2. The average molecular weight is 329 g/mol. The minimum absolute atomic E-state index is 0.272. The molecule has 1 aromatic carbocycles. The van der Waals surface area contributed by atoms with Crippen LogP contribution >= 0.6 is 0 Å². The van der Waals surface area contributed by atoms with Crippen molar-refractivity contribution in [1.82, 2.24) is 10.8 Å². The number of carbonyl (C=O) groups excluding carboxylic acids is 2. The number of carbonyl (C=O) groups is 2. The predicted molar refractivity (Wildman–Crippen MR) is 90.1 cm³/mol. The molecule has 1 saturated carbocycles. The Bertz CT molecular complexity index is 667. The highest BCUT2D eigenvalue weighted by atomic mass is 16.5. The number of nitrogens with two attached hydrogens (primary N) is 1. The minimum atomic E-state index is -0.968. The van der Waals surface area contributed by atoms with Crippen LogP contribution in [0.25, 0.3) is 0 Å². The van der Waals surface area contributed by atoms with Gasteiger partial charge in [-0.2, -0.15) is 0 Å². The van der Waals surface area contributed by atoms with E-state index in [1.54, 1.807) is 29.7 Å². The minimum Gasteiger partial charge on any atom is -0.338 e. The molecule has 0 bridgehead atoms. The van der Waals surface area contributed by atoms with Crippen LogP contribution in [0.2, 0.25) is 0 Å². The Kier molecular flexibility index (Phi) is 5.60. The summed E-state index contributed by atoms with van der Waals surface area (Å²) in [6.45, 7) is 4.01. The average Bonchev–Trinajstić information content (AvgIpc) is 2.55. The normalized spacial score (nSPS) is 16.4. The molecule has 0 aromatic heterocycles. The molecule has 1 aliphatic carbocycles. The van der Waals surface area contributed by atoms with E-state index in [9.17, 15) is 9.59 Å². The van der Waals surface area contributed by atoms with Gasteiger partial charge in [0.15, 0.2) is 0 Å². The van der Waals surface area contributed by atoms with Gasteiger partial charge in [-0.3, -0.25) is 14.8 Å². The molecule has 5 N–H and O–H groups in total. The van der Waals surface area contributed by atoms with Gasteiger partial charge in [0.25, 0.3) is 11.8 Å². The van der Waals surface area contributed by atoms with Gasteiger partial charge in [0, 0.05) is 22.6 Å². The maximum Gasteiger partial charge on any atom is 0.267 e. The largest absolute Gasteiger partial charge is 0.338 e. The third-order valence-corrected chi connectivity index (χ3v) is 4.16. The molecule has 1 fully saturated rings. The lowest BCUT2D eigenvalue weighted by Gasteiger charge is -2.43. The number of hydrogen-bond donors (Lipinski definition) is 4. The van der Waals surface area contributed by atoms with E-state index >= 15 is 0 Å². The molecular formula is C18H23N3O3. The summed E-state index contributed by atoms with van der Waals surface area (Å²) in [7, 11) is 0. The van der Waals surface area contributed by atoms with Crippen molar-refractivity contribution in [2.75, 3.05) is 0 Å². The van der Waals surface area contributed by atoms with Gasteiger partial charge in [-0.1, -0.05) is 25.7 Å². The number of hydroxylamine groups is 1. The van der Waals surface area contributed by atoms with Gasteiger partial charge < -0.3 is 11.1 Å². The summed E-state index contributed by atoms with van der Waals surface area (Å²) in [4.78, 5) is 24.2. The molecule has 0 aliphatic heterocycles. The Hall–Kier alpha value is -2.36. The summed E-state index contributed by atoms with van der Waals surface area (Å²) >= 11 is 0. The zero-order valence-corrected chi connectivity index (χ0v) is 13.9. The maximum atomic E-state index is 12.4. The fourth-order valence-corrected chi connectivity index (χ4v) is 2.56. The maximum absolute atomic E-state index is 12.4. The Morgan fingerprint density at radius 1 is 1.25 bits per heavy atom. The van der Waals surface area contributed by atoms with E-state index in [1.165, 1.54) is 0 Å². The predicted octanol–water partition coefficient (Wildman–Crippen LogP) is 1.18. The molecule has 0 radical (unpaired) electrons. The molecule has 128 valence electrons. The second kappa shape index (κ2) is 7.47. The fourth-order valence-electron chi connectivity index (χ4n) is 2.56. The van der Waals surface area contributed by atoms with Gasteiger partial charge in [0.2, 0.25) is 0 Å². The second-order valence-corrected chi connectivity index (χ2v) is 6.47. The van der Waals surface area contributed by atoms with Crippen LogP contribution in [0.1, 0.15) is 49.0 Å². The lowest BCUT2D eigenvalue weighted by Crippen LogP contribution is -2.67. The molecule has 0 spiro atoms. The molecule has 6 heteroatoms. The molecular weight excluding hydrogens is 306 g/mol. The van der Waals surface area contributed by atoms with Crippen molar-refractivity contribution in [3.05, 3.63) is 35.4 Å². The Morgan fingerprint density at radius 2 is 1.88 bits per heavy atom. The smallest absolute Gasteiger partial charge is 0.267 e. The number of rotatable bonds is 4. The van der Waals surface area contributed by atoms with E-state index in [1.807, 2.05) is 13.8 Å². The first kappa shape index (κ1) is 18.0. The molecule has 1 aliphatic rings. The van der Waals surface area contributed by atoms with Crippen LogP contribution in [0.4, 0.5) is 0 Å². The number of hydrogen-bond acceptors (Lipinski definition) is 4. The zero-order valence-electron chi connectivity index (χ0n) is 13.9. The van der Waals surface area contributed by atoms with Gasteiger partial charge in [0.1, 0.15) is 6.04 Å². The van der Waals surface area contributed by atoms with Gasteiger partial charge in [-0.05, 0) is 43.5 Å². The summed E-state index contributed by atoms with van der Waals surface area (Å²) in [5.74, 6) is 5.23. The fraction of sp³-hybridized carbons (Fsp3) is 0.444. The van der Waals surface area contributed by atoms with E-state index in [-0.39, 0.29) is 5.92 Å². The molecule has 2 rings (SSSR count). The summed E-state index contributed by atoms with van der Waals surface area (Å²) in [5.41, 5.74) is 8.13. The van der Waals surface area contributed by atoms with Crippen LogP contribution in [0, 0.1) is 17.8 Å². The van der Waals surface area contributed by atoms with Gasteiger partial charge >= 0.3 is 0 Å². The summed E-state index contributed by atoms with van der Waals surface area (Å²) in [5, 5.41) is 11.5. The molecule has 1 aromatic rings. The van der Waals surface area contributed by atoms with Crippen LogP contribution in [0.15, 0.2) is 24.3 Å². The van der Waals surface area contributed by atoms with Gasteiger partial charge in [0.05, 0.1) is 0 Å². The van der Waals surface area contributed by atoms with Crippen LogP contribution in [-0.4, -0.2) is 28.6 Å². The summed E-state index contributed by atoms with van der Waals surface area (Å²) in [6, 6.07) is 5.85. The third kappa shape index (κ3) is 4.13. The Labute approximate surface area is 141 Å². The molecule has 6 nitrogen and oxygen atoms in total. The molecule has 0 heterocycles.